The summed E-state index contributed by atoms with van der Waals surface area (Å²) in [5, 5.41) is 14.8. The molecule has 0 aliphatic carbocycles. The molecule has 52 heavy (non-hydrogen) atoms. The van der Waals surface area contributed by atoms with Crippen LogP contribution in [0.3, 0.4) is 0 Å². The largest absolute Gasteiger partial charge is 0.444 e. The third-order valence-electron chi connectivity index (χ3n) is 8.24. The second-order valence-corrected chi connectivity index (χ2v) is 14.9. The summed E-state index contributed by atoms with van der Waals surface area (Å²) in [5.74, 6) is -0.298. The molecule has 2 aromatic carbocycles. The lowest BCUT2D eigenvalue weighted by Gasteiger charge is -2.27. The molecule has 0 fully saturated rings. The van der Waals surface area contributed by atoms with Crippen LogP contribution in [0.2, 0.25) is 0 Å². The normalized spacial score (nSPS) is 12.7. The molecule has 0 saturated heterocycles. The fourth-order valence-corrected chi connectivity index (χ4v) is 6.84. The number of nitrogens with one attached hydrogen (secondary N) is 4. The number of hydrogen-bond donors (Lipinski definition) is 4. The molecular weight excluding hydrogens is 699 g/mol. The number of thiazole rings is 2. The van der Waals surface area contributed by atoms with E-state index in [-0.39, 0.29) is 55.9 Å². The fourth-order valence-electron chi connectivity index (χ4n) is 5.51. The van der Waals surface area contributed by atoms with Crippen molar-refractivity contribution in [3.63, 3.8) is 0 Å². The molecule has 2 aromatic heterocycles. The molecule has 2 heterocycles. The van der Waals surface area contributed by atoms with Gasteiger partial charge in [-0.05, 0) is 43.2 Å². The highest BCUT2D eigenvalue weighted by Gasteiger charge is 2.26. The number of aromatic nitrogens is 2. The second kappa shape index (κ2) is 20.9. The summed E-state index contributed by atoms with van der Waals surface area (Å²) in [6, 6.07) is 17.8. The maximum Gasteiger partial charge on any atom is 0.407 e. The van der Waals surface area contributed by atoms with Gasteiger partial charge in [0, 0.05) is 50.1 Å². The van der Waals surface area contributed by atoms with Crippen molar-refractivity contribution in [3.8, 4) is 0 Å². The lowest BCUT2D eigenvalue weighted by molar-refractivity contribution is -0.124. The Morgan fingerprint density at radius 2 is 1.48 bits per heavy atom. The first-order chi connectivity index (χ1) is 25.0. The molecule has 4 rings (SSSR count). The van der Waals surface area contributed by atoms with Crippen molar-refractivity contribution in [3.05, 3.63) is 104 Å². The van der Waals surface area contributed by atoms with Crippen LogP contribution in [0.1, 0.15) is 72.7 Å². The van der Waals surface area contributed by atoms with Crippen LogP contribution in [-0.4, -0.2) is 70.5 Å². The molecule has 0 bridgehead atoms. The smallest absolute Gasteiger partial charge is 0.407 e. The van der Waals surface area contributed by atoms with Gasteiger partial charge in [0.05, 0.1) is 27.6 Å². The molecule has 0 radical (unpaired) electrons. The third-order valence-corrected chi connectivity index (χ3v) is 10.2. The Hall–Kier alpha value is -4.82. The molecule has 4 N–H and O–H groups in total. The van der Waals surface area contributed by atoms with Crippen LogP contribution in [0.25, 0.3) is 0 Å². The van der Waals surface area contributed by atoms with Crippen molar-refractivity contribution in [2.24, 2.45) is 0 Å². The van der Waals surface area contributed by atoms with E-state index in [1.54, 1.807) is 30.1 Å². The van der Waals surface area contributed by atoms with Crippen LogP contribution >= 0.6 is 22.7 Å². The Morgan fingerprint density at radius 3 is 2.04 bits per heavy atom. The molecule has 0 spiro atoms. The van der Waals surface area contributed by atoms with Crippen LogP contribution in [0, 0.1) is 0 Å². The van der Waals surface area contributed by atoms with Crippen LogP contribution < -0.4 is 21.3 Å². The highest BCUT2D eigenvalue weighted by molar-refractivity contribution is 7.09. The molecule has 3 atom stereocenters. The van der Waals surface area contributed by atoms with Crippen LogP contribution in [0.4, 0.5) is 9.59 Å². The summed E-state index contributed by atoms with van der Waals surface area (Å²) >= 11 is 2.97. The maximum atomic E-state index is 14.0. The van der Waals surface area contributed by atoms with Gasteiger partial charge < -0.3 is 30.9 Å². The fraction of sp³-hybridized carbons (Fsp3) is 0.421. The van der Waals surface area contributed by atoms with Gasteiger partial charge in [0.2, 0.25) is 11.8 Å². The Morgan fingerprint density at radius 1 is 0.846 bits per heavy atom. The van der Waals surface area contributed by atoms with Gasteiger partial charge in [0.15, 0.2) is 0 Å². The highest BCUT2D eigenvalue weighted by Crippen LogP contribution is 2.20. The molecule has 1 unspecified atom stereocenters. The number of urea groups is 1. The van der Waals surface area contributed by atoms with Crippen LogP contribution in [-0.2, 0) is 40.3 Å². The van der Waals surface area contributed by atoms with E-state index >= 15 is 0 Å². The summed E-state index contributed by atoms with van der Waals surface area (Å²) in [4.78, 5) is 62.9. The molecule has 0 saturated carbocycles. The van der Waals surface area contributed by atoms with Gasteiger partial charge in [-0.25, -0.2) is 14.6 Å². The SMILES string of the molecule is CC(=O)NCC[C@H](NC(=O)N(C)Cc1csc(C(C)C)n1)C(=O)N[C@@H](CCC(Cc1ccccc1)NC(=O)OCc1cncs1)Cc1ccccc1. The number of hydrogen-bond acceptors (Lipinski definition) is 9. The van der Waals surface area contributed by atoms with Crippen molar-refractivity contribution in [2.75, 3.05) is 13.6 Å². The van der Waals surface area contributed by atoms with E-state index in [0.29, 0.717) is 25.7 Å². The summed E-state index contributed by atoms with van der Waals surface area (Å²) < 4.78 is 5.49. The van der Waals surface area contributed by atoms with E-state index in [2.05, 4.69) is 45.1 Å². The Bertz CT molecular complexity index is 1690. The summed E-state index contributed by atoms with van der Waals surface area (Å²) in [6.07, 6.45) is 3.52. The molecule has 0 aliphatic heterocycles. The van der Waals surface area contributed by atoms with E-state index in [1.165, 1.54) is 23.2 Å². The van der Waals surface area contributed by atoms with E-state index < -0.39 is 18.2 Å². The minimum Gasteiger partial charge on any atom is -0.444 e. The van der Waals surface area contributed by atoms with Gasteiger partial charge in [-0.1, -0.05) is 74.5 Å². The number of ether oxygens (including phenoxy) is 1. The first kappa shape index (κ1) is 40.0. The minimum atomic E-state index is -0.915. The zero-order chi connectivity index (χ0) is 37.3. The zero-order valence-electron chi connectivity index (χ0n) is 30.2. The summed E-state index contributed by atoms with van der Waals surface area (Å²) in [7, 11) is 1.66. The first-order valence-corrected chi connectivity index (χ1v) is 19.2. The predicted molar refractivity (Wildman–Crippen MR) is 204 cm³/mol. The van der Waals surface area contributed by atoms with Gasteiger partial charge in [0.25, 0.3) is 0 Å². The van der Waals surface area contributed by atoms with Crippen molar-refractivity contribution in [1.29, 1.82) is 0 Å². The van der Waals surface area contributed by atoms with Gasteiger partial charge in [-0.15, -0.1) is 22.7 Å². The zero-order valence-corrected chi connectivity index (χ0v) is 31.8. The Balaban J connectivity index is 1.46. The first-order valence-electron chi connectivity index (χ1n) is 17.4. The lowest BCUT2D eigenvalue weighted by Crippen LogP contribution is -2.53. The number of alkyl carbamates (subject to hydrolysis) is 1. The minimum absolute atomic E-state index is 0.130. The lowest BCUT2D eigenvalue weighted by atomic mass is 9.95. The summed E-state index contributed by atoms with van der Waals surface area (Å²) in [6.45, 7) is 6.17. The van der Waals surface area contributed by atoms with Crippen LogP contribution in [0.5, 0.6) is 0 Å². The molecule has 14 heteroatoms. The summed E-state index contributed by atoms with van der Waals surface area (Å²) in [5.41, 5.74) is 4.56. The number of carbonyl (C=O) groups excluding carboxylic acids is 4. The highest BCUT2D eigenvalue weighted by atomic mass is 32.1. The number of carbonyl (C=O) groups is 4. The third kappa shape index (κ3) is 14.1. The molecule has 12 nitrogen and oxygen atoms in total. The average molecular weight is 748 g/mol. The average Bonchev–Trinajstić information content (AvgIpc) is 3.83. The van der Waals surface area contributed by atoms with Gasteiger partial charge in [-0.2, -0.15) is 0 Å². The molecule has 278 valence electrons. The number of rotatable bonds is 19. The molecule has 0 aliphatic rings. The molecule has 5 amide bonds. The van der Waals surface area contributed by atoms with Crippen LogP contribution in [0.15, 0.2) is 77.8 Å². The van der Waals surface area contributed by atoms with E-state index in [9.17, 15) is 19.2 Å². The van der Waals surface area contributed by atoms with E-state index in [4.69, 9.17) is 4.74 Å². The monoisotopic (exact) mass is 747 g/mol. The molecule has 4 aromatic rings. The van der Waals surface area contributed by atoms with Gasteiger partial charge in [-0.3, -0.25) is 14.6 Å². The van der Waals surface area contributed by atoms with Crippen molar-refractivity contribution < 1.29 is 23.9 Å². The quantitative estimate of drug-likeness (QED) is 0.0945. The van der Waals surface area contributed by atoms with Crippen molar-refractivity contribution in [2.45, 2.75) is 90.1 Å². The number of benzene rings is 2. The van der Waals surface area contributed by atoms with E-state index in [0.717, 1.165) is 26.7 Å². The second-order valence-electron chi connectivity index (χ2n) is 13.0. The topological polar surface area (TPSA) is 155 Å². The Kier molecular flexibility index (Phi) is 16.0. The van der Waals surface area contributed by atoms with Crippen molar-refractivity contribution in [1.82, 2.24) is 36.1 Å². The Labute approximate surface area is 313 Å². The predicted octanol–water partition coefficient (Wildman–Crippen LogP) is 5.80. The number of nitrogens with zero attached hydrogens (tertiary/aromatic N) is 3. The van der Waals surface area contributed by atoms with Gasteiger partial charge >= 0.3 is 12.1 Å². The van der Waals surface area contributed by atoms with E-state index in [1.807, 2.05) is 66.0 Å². The number of amides is 5. The van der Waals surface area contributed by atoms with Gasteiger partial charge in [0.1, 0.15) is 12.6 Å². The molecular formula is C38H49N7O5S2. The standard InChI is InChI=1S/C38H49N7O5S2/c1-26(2)36-42-32(24-51-36)22-45(4)37(48)44-34(17-18-40-27(3)46)35(47)41-30(19-28-11-7-5-8-12-28)15-16-31(20-29-13-9-6-10-14-29)43-38(49)50-23-33-21-39-25-52-33/h5-14,21,24-26,30-31,34H,15-20,22-23H2,1-4H3,(H,40,46)(H,41,47)(H,43,49)(H,44,48)/t30-,31?,34-/m0/s1. The van der Waals surface area contributed by atoms with Crippen molar-refractivity contribution >= 4 is 46.6 Å². The maximum absolute atomic E-state index is 14.0.